The zero-order valence-corrected chi connectivity index (χ0v) is 19.4. The molecule has 0 aromatic heterocycles. The van der Waals surface area contributed by atoms with Crippen molar-refractivity contribution >= 4 is 35.3 Å². The number of anilines is 2. The molecule has 4 amide bonds. The number of fused-ring (bicyclic) bond motifs is 1. The van der Waals surface area contributed by atoms with Gasteiger partial charge in [0, 0.05) is 18.3 Å². The van der Waals surface area contributed by atoms with Crippen LogP contribution in [0.2, 0.25) is 0 Å². The lowest BCUT2D eigenvalue weighted by atomic mass is 9.79. The van der Waals surface area contributed by atoms with Gasteiger partial charge in [0.1, 0.15) is 5.57 Å². The molecule has 6 nitrogen and oxygen atoms in total. The molecule has 1 fully saturated rings. The molecule has 0 aliphatic carbocycles. The number of nitrogens with one attached hydrogen (secondary N) is 1. The molecule has 1 N–H and O–H groups in total. The third-order valence-corrected chi connectivity index (χ3v) is 6.78. The summed E-state index contributed by atoms with van der Waals surface area (Å²) in [6.07, 6.45) is 2.61. The number of amides is 4. The molecule has 4 rings (SSSR count). The van der Waals surface area contributed by atoms with E-state index in [0.717, 1.165) is 28.0 Å². The molecule has 2 aliphatic heterocycles. The topological polar surface area (TPSA) is 69.7 Å². The Morgan fingerprint density at radius 1 is 1.03 bits per heavy atom. The maximum Gasteiger partial charge on any atom is 0.335 e. The van der Waals surface area contributed by atoms with E-state index in [1.54, 1.807) is 18.2 Å². The molecule has 2 aromatic carbocycles. The summed E-state index contributed by atoms with van der Waals surface area (Å²) in [4.78, 5) is 41.7. The molecule has 0 saturated carbocycles. The normalized spacial score (nSPS) is 21.6. The zero-order valence-electron chi connectivity index (χ0n) is 19.4. The standard InChI is InChI=1S/C26H29N3O3/c1-15-9-7-8-10-21(15)29-24(31)20(23(30)27-25(29)32)13-18-12-19-17(3)14-26(4,5)28(6)22(19)11-16(18)2/h7-13,17H,14H2,1-6H3,(H,27,30,32)/b20-13-. The van der Waals surface area contributed by atoms with Gasteiger partial charge in [-0.2, -0.15) is 0 Å². The second kappa shape index (κ2) is 7.62. The van der Waals surface area contributed by atoms with Crippen LogP contribution in [0.4, 0.5) is 16.2 Å². The first-order valence-electron chi connectivity index (χ1n) is 10.9. The van der Waals surface area contributed by atoms with E-state index in [1.807, 2.05) is 26.0 Å². The summed E-state index contributed by atoms with van der Waals surface area (Å²) in [5.41, 5.74) is 5.38. The summed E-state index contributed by atoms with van der Waals surface area (Å²) < 4.78 is 0. The van der Waals surface area contributed by atoms with Crippen molar-refractivity contribution in [1.29, 1.82) is 0 Å². The minimum Gasteiger partial charge on any atom is -0.369 e. The molecule has 0 radical (unpaired) electrons. The van der Waals surface area contributed by atoms with Gasteiger partial charge in [0.15, 0.2) is 0 Å². The molecule has 2 aliphatic rings. The van der Waals surface area contributed by atoms with Gasteiger partial charge < -0.3 is 4.90 Å². The summed E-state index contributed by atoms with van der Waals surface area (Å²) in [7, 11) is 2.10. The van der Waals surface area contributed by atoms with Crippen LogP contribution in [0, 0.1) is 13.8 Å². The van der Waals surface area contributed by atoms with Gasteiger partial charge in [-0.15, -0.1) is 0 Å². The summed E-state index contributed by atoms with van der Waals surface area (Å²) in [5, 5.41) is 2.31. The molecular weight excluding hydrogens is 402 g/mol. The second-order valence-corrected chi connectivity index (χ2v) is 9.49. The fraction of sp³-hybridized carbons (Fsp3) is 0.346. The Morgan fingerprint density at radius 3 is 2.41 bits per heavy atom. The lowest BCUT2D eigenvalue weighted by Crippen LogP contribution is -2.54. The average molecular weight is 432 g/mol. The first-order valence-corrected chi connectivity index (χ1v) is 10.9. The molecule has 32 heavy (non-hydrogen) atoms. The SMILES string of the molecule is Cc1cc2c(cc1/C=C1/C(=O)NC(=O)N(c3ccccc3C)C1=O)C(C)CC(C)(C)N2C. The van der Waals surface area contributed by atoms with Gasteiger partial charge in [0.05, 0.1) is 5.69 Å². The van der Waals surface area contributed by atoms with Gasteiger partial charge in [-0.05, 0) is 86.6 Å². The second-order valence-electron chi connectivity index (χ2n) is 9.49. The van der Waals surface area contributed by atoms with Gasteiger partial charge in [-0.25, -0.2) is 9.69 Å². The van der Waals surface area contributed by atoms with Crippen molar-refractivity contribution in [2.75, 3.05) is 16.8 Å². The molecule has 166 valence electrons. The van der Waals surface area contributed by atoms with E-state index in [9.17, 15) is 14.4 Å². The van der Waals surface area contributed by atoms with E-state index in [2.05, 4.69) is 50.2 Å². The van der Waals surface area contributed by atoms with Crippen molar-refractivity contribution in [1.82, 2.24) is 5.32 Å². The summed E-state index contributed by atoms with van der Waals surface area (Å²) in [6, 6.07) is 10.6. The molecule has 1 saturated heterocycles. The molecular formula is C26H29N3O3. The summed E-state index contributed by atoms with van der Waals surface area (Å²) >= 11 is 0. The predicted octanol–water partition coefficient (Wildman–Crippen LogP) is 4.69. The maximum absolute atomic E-state index is 13.3. The van der Waals surface area contributed by atoms with Crippen LogP contribution in [-0.2, 0) is 9.59 Å². The fourth-order valence-electron chi connectivity index (χ4n) is 4.74. The Labute approximate surface area is 188 Å². The fourth-order valence-corrected chi connectivity index (χ4v) is 4.74. The summed E-state index contributed by atoms with van der Waals surface area (Å²) in [5.74, 6) is -0.945. The first kappa shape index (κ1) is 21.8. The van der Waals surface area contributed by atoms with E-state index in [-0.39, 0.29) is 11.1 Å². The number of carbonyl (C=O) groups is 3. The first-order chi connectivity index (χ1) is 15.0. The van der Waals surface area contributed by atoms with Gasteiger partial charge in [-0.3, -0.25) is 14.9 Å². The minimum absolute atomic E-state index is 0.0481. The lowest BCUT2D eigenvalue weighted by molar-refractivity contribution is -0.122. The highest BCUT2D eigenvalue weighted by molar-refractivity contribution is 6.39. The Kier molecular flexibility index (Phi) is 5.19. The van der Waals surface area contributed by atoms with Crippen molar-refractivity contribution in [2.45, 2.75) is 52.5 Å². The molecule has 0 bridgehead atoms. The Morgan fingerprint density at radius 2 is 1.72 bits per heavy atom. The van der Waals surface area contributed by atoms with Crippen molar-refractivity contribution in [3.63, 3.8) is 0 Å². The van der Waals surface area contributed by atoms with Crippen LogP contribution in [-0.4, -0.2) is 30.4 Å². The van der Waals surface area contributed by atoms with Crippen molar-refractivity contribution in [3.8, 4) is 0 Å². The van der Waals surface area contributed by atoms with Crippen molar-refractivity contribution in [2.24, 2.45) is 0 Å². The highest BCUT2D eigenvalue weighted by atomic mass is 16.2. The number of aryl methyl sites for hydroxylation is 2. The highest BCUT2D eigenvalue weighted by Crippen LogP contribution is 2.43. The smallest absolute Gasteiger partial charge is 0.335 e. The van der Waals surface area contributed by atoms with Crippen LogP contribution in [0.3, 0.4) is 0 Å². The largest absolute Gasteiger partial charge is 0.369 e. The lowest BCUT2D eigenvalue weighted by Gasteiger charge is -2.45. The van der Waals surface area contributed by atoms with Crippen LogP contribution < -0.4 is 15.1 Å². The number of carbonyl (C=O) groups excluding carboxylic acids is 3. The van der Waals surface area contributed by atoms with E-state index >= 15 is 0 Å². The number of hydrogen-bond donors (Lipinski definition) is 1. The van der Waals surface area contributed by atoms with Gasteiger partial charge in [0.2, 0.25) is 0 Å². The van der Waals surface area contributed by atoms with Gasteiger partial charge >= 0.3 is 6.03 Å². The van der Waals surface area contributed by atoms with Crippen LogP contribution >= 0.6 is 0 Å². The summed E-state index contributed by atoms with van der Waals surface area (Å²) in [6.45, 7) is 10.5. The molecule has 0 spiro atoms. The number of para-hydroxylation sites is 1. The predicted molar refractivity (Wildman–Crippen MR) is 127 cm³/mol. The number of nitrogens with zero attached hydrogens (tertiary/aromatic N) is 2. The zero-order chi connectivity index (χ0) is 23.4. The van der Waals surface area contributed by atoms with Crippen molar-refractivity contribution < 1.29 is 14.4 Å². The van der Waals surface area contributed by atoms with Crippen LogP contribution in [0.5, 0.6) is 0 Å². The molecule has 1 atom stereocenters. The number of rotatable bonds is 2. The third kappa shape index (κ3) is 3.49. The number of barbiturate groups is 1. The molecule has 2 aromatic rings. The Bertz CT molecular complexity index is 1180. The molecule has 2 heterocycles. The number of urea groups is 1. The minimum atomic E-state index is -0.730. The number of hydrogen-bond acceptors (Lipinski definition) is 4. The van der Waals surface area contributed by atoms with Crippen molar-refractivity contribution in [3.05, 3.63) is 64.2 Å². The average Bonchev–Trinajstić information content (AvgIpc) is 2.71. The Balaban J connectivity index is 1.79. The van der Waals surface area contributed by atoms with E-state index in [4.69, 9.17) is 0 Å². The molecule has 1 unspecified atom stereocenters. The number of benzene rings is 2. The van der Waals surface area contributed by atoms with Crippen LogP contribution in [0.15, 0.2) is 42.0 Å². The third-order valence-electron chi connectivity index (χ3n) is 6.78. The number of imide groups is 2. The highest BCUT2D eigenvalue weighted by Gasteiger charge is 2.38. The molecule has 6 heteroatoms. The van der Waals surface area contributed by atoms with Gasteiger partial charge in [0.25, 0.3) is 11.8 Å². The van der Waals surface area contributed by atoms with E-state index in [1.165, 1.54) is 11.3 Å². The Hall–Kier alpha value is -3.41. The maximum atomic E-state index is 13.3. The van der Waals surface area contributed by atoms with Crippen LogP contribution in [0.1, 0.15) is 55.4 Å². The van der Waals surface area contributed by atoms with Gasteiger partial charge in [-0.1, -0.05) is 25.1 Å². The van der Waals surface area contributed by atoms with Crippen LogP contribution in [0.25, 0.3) is 6.08 Å². The quantitative estimate of drug-likeness (QED) is 0.553. The van der Waals surface area contributed by atoms with E-state index < -0.39 is 17.8 Å². The monoisotopic (exact) mass is 431 g/mol. The van der Waals surface area contributed by atoms with E-state index in [0.29, 0.717) is 11.6 Å².